The van der Waals surface area contributed by atoms with Gasteiger partial charge in [-0.05, 0) is 13.8 Å². The van der Waals surface area contributed by atoms with Crippen LogP contribution in [0.4, 0.5) is 11.8 Å². The molecule has 5 heteroatoms. The summed E-state index contributed by atoms with van der Waals surface area (Å²) in [5.74, 6) is 1.33. The summed E-state index contributed by atoms with van der Waals surface area (Å²) < 4.78 is 0. The van der Waals surface area contributed by atoms with Crippen LogP contribution in [0.25, 0.3) is 0 Å². The third kappa shape index (κ3) is 2.26. The molecule has 4 nitrogen and oxygen atoms in total. The van der Waals surface area contributed by atoms with Crippen molar-refractivity contribution < 1.29 is 0 Å². The van der Waals surface area contributed by atoms with Gasteiger partial charge < -0.3 is 10.2 Å². The van der Waals surface area contributed by atoms with Crippen LogP contribution in [0.15, 0.2) is 6.20 Å². The maximum absolute atomic E-state index is 6.00. The van der Waals surface area contributed by atoms with Gasteiger partial charge >= 0.3 is 0 Å². The molecule has 1 aromatic heterocycles. The molecule has 0 unspecified atom stereocenters. The van der Waals surface area contributed by atoms with E-state index in [9.17, 15) is 0 Å². The number of nitrogens with one attached hydrogen (secondary N) is 1. The second-order valence-corrected chi connectivity index (χ2v) is 3.73. The zero-order valence-corrected chi connectivity index (χ0v) is 9.63. The number of nitrogens with zero attached hydrogens (tertiary/aromatic N) is 3. The summed E-state index contributed by atoms with van der Waals surface area (Å²) in [4.78, 5) is 10.3. The molecule has 78 valence electrons. The molecule has 1 rings (SSSR count). The average Bonchev–Trinajstić information content (AvgIpc) is 2.17. The molecule has 0 aromatic carbocycles. The van der Waals surface area contributed by atoms with Crippen LogP contribution in [0, 0.1) is 0 Å². The molecule has 0 aliphatic carbocycles. The van der Waals surface area contributed by atoms with Gasteiger partial charge in [0.1, 0.15) is 5.02 Å². The monoisotopic (exact) mass is 214 g/mol. The predicted octanol–water partition coefficient (Wildman–Crippen LogP) is 2.02. The molecular weight excluding hydrogens is 200 g/mol. The third-order valence-electron chi connectivity index (χ3n) is 2.06. The zero-order valence-electron chi connectivity index (χ0n) is 8.87. The molecule has 0 amide bonds. The van der Waals surface area contributed by atoms with Crippen LogP contribution in [0.3, 0.4) is 0 Å². The second-order valence-electron chi connectivity index (χ2n) is 3.32. The van der Waals surface area contributed by atoms with Crippen LogP contribution in [0.2, 0.25) is 5.02 Å². The van der Waals surface area contributed by atoms with Crippen LogP contribution >= 0.6 is 11.6 Å². The Kier molecular flexibility index (Phi) is 3.52. The van der Waals surface area contributed by atoms with Crippen molar-refractivity contribution in [3.8, 4) is 0 Å². The molecule has 0 atom stereocenters. The minimum absolute atomic E-state index is 0.354. The minimum atomic E-state index is 0.354. The van der Waals surface area contributed by atoms with Gasteiger partial charge in [-0.2, -0.15) is 4.98 Å². The first kappa shape index (κ1) is 11.0. The number of hydrogen-bond donors (Lipinski definition) is 1. The van der Waals surface area contributed by atoms with Crippen molar-refractivity contribution in [1.82, 2.24) is 9.97 Å². The zero-order chi connectivity index (χ0) is 10.7. The molecule has 1 N–H and O–H groups in total. The molecule has 0 saturated heterocycles. The van der Waals surface area contributed by atoms with Crippen LogP contribution in [0.1, 0.15) is 13.8 Å². The van der Waals surface area contributed by atoms with Crippen molar-refractivity contribution in [3.63, 3.8) is 0 Å². The first-order valence-electron chi connectivity index (χ1n) is 4.49. The average molecular weight is 215 g/mol. The standard InChI is InChI=1S/C9H15ClN4/c1-6(2)14(4)8-7(10)5-12-9(11-3)13-8/h5-6H,1-4H3,(H,11,12,13). The van der Waals surface area contributed by atoms with Gasteiger partial charge in [0, 0.05) is 20.1 Å². The second kappa shape index (κ2) is 4.46. The summed E-state index contributed by atoms with van der Waals surface area (Å²) in [6.07, 6.45) is 1.61. The highest BCUT2D eigenvalue weighted by Gasteiger charge is 2.11. The molecule has 0 aliphatic heterocycles. The molecular formula is C9H15ClN4. The highest BCUT2D eigenvalue weighted by Crippen LogP contribution is 2.23. The number of aromatic nitrogens is 2. The number of hydrogen-bond acceptors (Lipinski definition) is 4. The third-order valence-corrected chi connectivity index (χ3v) is 2.32. The fraction of sp³-hybridized carbons (Fsp3) is 0.556. The van der Waals surface area contributed by atoms with Gasteiger partial charge in [-0.1, -0.05) is 11.6 Å². The Morgan fingerprint density at radius 2 is 2.14 bits per heavy atom. The molecule has 0 radical (unpaired) electrons. The SMILES string of the molecule is CNc1ncc(Cl)c(N(C)C(C)C)n1. The lowest BCUT2D eigenvalue weighted by molar-refractivity contribution is 0.742. The summed E-state index contributed by atoms with van der Waals surface area (Å²) in [6, 6.07) is 0.354. The largest absolute Gasteiger partial charge is 0.357 e. The first-order chi connectivity index (χ1) is 6.56. The summed E-state index contributed by atoms with van der Waals surface area (Å²) in [5.41, 5.74) is 0. The highest BCUT2D eigenvalue weighted by molar-refractivity contribution is 6.32. The maximum atomic E-state index is 6.00. The van der Waals surface area contributed by atoms with Crippen LogP contribution in [-0.4, -0.2) is 30.1 Å². The summed E-state index contributed by atoms with van der Waals surface area (Å²) in [6.45, 7) is 4.16. The predicted molar refractivity (Wildman–Crippen MR) is 60.1 cm³/mol. The van der Waals surface area contributed by atoms with Gasteiger partial charge in [0.25, 0.3) is 0 Å². The molecule has 0 aliphatic rings. The van der Waals surface area contributed by atoms with Crippen LogP contribution in [-0.2, 0) is 0 Å². The van der Waals surface area contributed by atoms with Gasteiger partial charge in [-0.25, -0.2) is 4.98 Å². The molecule has 1 heterocycles. The Morgan fingerprint density at radius 1 is 1.50 bits per heavy atom. The Labute approximate surface area is 89.3 Å². The molecule has 0 bridgehead atoms. The van der Waals surface area contributed by atoms with E-state index in [0.29, 0.717) is 17.0 Å². The van der Waals surface area contributed by atoms with E-state index in [2.05, 4.69) is 29.1 Å². The van der Waals surface area contributed by atoms with Gasteiger partial charge in [0.2, 0.25) is 5.95 Å². The van der Waals surface area contributed by atoms with Crippen LogP contribution < -0.4 is 10.2 Å². The first-order valence-corrected chi connectivity index (χ1v) is 4.87. The summed E-state index contributed by atoms with van der Waals surface area (Å²) in [7, 11) is 3.74. The fourth-order valence-corrected chi connectivity index (χ4v) is 1.19. The Morgan fingerprint density at radius 3 is 2.64 bits per heavy atom. The molecule has 14 heavy (non-hydrogen) atoms. The molecule has 0 spiro atoms. The van der Waals surface area contributed by atoms with Gasteiger partial charge in [0.15, 0.2) is 5.82 Å². The lowest BCUT2D eigenvalue weighted by Crippen LogP contribution is -2.27. The number of rotatable bonds is 3. The quantitative estimate of drug-likeness (QED) is 0.836. The van der Waals surface area contributed by atoms with E-state index in [0.717, 1.165) is 5.82 Å². The molecule has 0 fully saturated rings. The Hall–Kier alpha value is -1.03. The fourth-order valence-electron chi connectivity index (χ4n) is 0.970. The molecule has 0 saturated carbocycles. The van der Waals surface area contributed by atoms with E-state index >= 15 is 0 Å². The molecule has 1 aromatic rings. The van der Waals surface area contributed by atoms with Crippen LogP contribution in [0.5, 0.6) is 0 Å². The van der Waals surface area contributed by atoms with Gasteiger partial charge in [-0.3, -0.25) is 0 Å². The van der Waals surface area contributed by atoms with Crippen molar-refractivity contribution in [2.75, 3.05) is 24.3 Å². The van der Waals surface area contributed by atoms with Crippen molar-refractivity contribution in [1.29, 1.82) is 0 Å². The lowest BCUT2D eigenvalue weighted by Gasteiger charge is -2.23. The topological polar surface area (TPSA) is 41.1 Å². The van der Waals surface area contributed by atoms with E-state index in [1.165, 1.54) is 0 Å². The highest BCUT2D eigenvalue weighted by atomic mass is 35.5. The van der Waals surface area contributed by atoms with E-state index in [1.807, 2.05) is 11.9 Å². The summed E-state index contributed by atoms with van der Waals surface area (Å²) >= 11 is 6.00. The maximum Gasteiger partial charge on any atom is 0.224 e. The van der Waals surface area contributed by atoms with E-state index in [4.69, 9.17) is 11.6 Å². The number of halogens is 1. The Balaban J connectivity index is 3.05. The minimum Gasteiger partial charge on any atom is -0.357 e. The lowest BCUT2D eigenvalue weighted by atomic mass is 10.3. The smallest absolute Gasteiger partial charge is 0.224 e. The summed E-state index contributed by atoms with van der Waals surface area (Å²) in [5, 5.41) is 3.45. The van der Waals surface area contributed by atoms with Crippen molar-refractivity contribution in [2.45, 2.75) is 19.9 Å². The number of anilines is 2. The van der Waals surface area contributed by atoms with E-state index in [-0.39, 0.29) is 0 Å². The van der Waals surface area contributed by atoms with Gasteiger partial charge in [0.05, 0.1) is 6.20 Å². The van der Waals surface area contributed by atoms with Gasteiger partial charge in [-0.15, -0.1) is 0 Å². The van der Waals surface area contributed by atoms with Crippen molar-refractivity contribution >= 4 is 23.4 Å². The van der Waals surface area contributed by atoms with Crippen molar-refractivity contribution in [3.05, 3.63) is 11.2 Å². The van der Waals surface area contributed by atoms with E-state index in [1.54, 1.807) is 13.2 Å². The normalized spacial score (nSPS) is 10.4. The van der Waals surface area contributed by atoms with E-state index < -0.39 is 0 Å². The Bertz CT molecular complexity index is 314. The van der Waals surface area contributed by atoms with Crippen molar-refractivity contribution in [2.24, 2.45) is 0 Å².